The average Bonchev–Trinajstić information content (AvgIpc) is 2.87. The summed E-state index contributed by atoms with van der Waals surface area (Å²) >= 11 is 0. The number of hydrogen-bond acceptors (Lipinski definition) is 2. The molecule has 1 aromatic carbocycles. The van der Waals surface area contributed by atoms with Crippen LogP contribution in [0.1, 0.15) is 50.1 Å². The maximum atomic E-state index is 13.2. The highest BCUT2D eigenvalue weighted by atomic mass is 19.1. The second kappa shape index (κ2) is 6.80. The number of aliphatic hydroxyl groups is 1. The van der Waals surface area contributed by atoms with Crippen LogP contribution in [0.3, 0.4) is 0 Å². The second-order valence-corrected chi connectivity index (χ2v) is 5.18. The van der Waals surface area contributed by atoms with Gasteiger partial charge in [-0.2, -0.15) is 5.10 Å². The molecule has 1 aromatic heterocycles. The van der Waals surface area contributed by atoms with Gasteiger partial charge in [0.05, 0.1) is 17.8 Å². The molecule has 0 aliphatic carbocycles. The van der Waals surface area contributed by atoms with Crippen molar-refractivity contribution in [2.75, 3.05) is 0 Å². The summed E-state index contributed by atoms with van der Waals surface area (Å²) in [6, 6.07) is 5.24. The van der Waals surface area contributed by atoms with Crippen molar-refractivity contribution in [2.24, 2.45) is 0 Å². The standard InChI is InChI=1S/C16H20F2N2O/c1-3-15(4-2)20-6-5-14(19-20)10-16(21)11-7-12(17)9-13(18)8-11/h5-9,15-16,21H,3-4,10H2,1-2H3. The maximum Gasteiger partial charge on any atom is 0.126 e. The van der Waals surface area contributed by atoms with Crippen LogP contribution in [0.2, 0.25) is 0 Å². The Hall–Kier alpha value is -1.75. The molecule has 0 aliphatic heterocycles. The van der Waals surface area contributed by atoms with Gasteiger partial charge in [0.2, 0.25) is 0 Å². The Morgan fingerprint density at radius 1 is 1.14 bits per heavy atom. The summed E-state index contributed by atoms with van der Waals surface area (Å²) in [5.41, 5.74) is 0.934. The zero-order valence-corrected chi connectivity index (χ0v) is 12.3. The van der Waals surface area contributed by atoms with Crippen molar-refractivity contribution in [3.8, 4) is 0 Å². The topological polar surface area (TPSA) is 38.0 Å². The largest absolute Gasteiger partial charge is 0.388 e. The van der Waals surface area contributed by atoms with Gasteiger partial charge in [0, 0.05) is 18.7 Å². The molecular formula is C16H20F2N2O. The van der Waals surface area contributed by atoms with Gasteiger partial charge in [-0.15, -0.1) is 0 Å². The molecule has 0 spiro atoms. The van der Waals surface area contributed by atoms with Gasteiger partial charge < -0.3 is 5.11 Å². The molecule has 2 aromatic rings. The van der Waals surface area contributed by atoms with E-state index in [1.165, 1.54) is 0 Å². The van der Waals surface area contributed by atoms with Crippen LogP contribution in [-0.4, -0.2) is 14.9 Å². The summed E-state index contributed by atoms with van der Waals surface area (Å²) in [5, 5.41) is 14.5. The summed E-state index contributed by atoms with van der Waals surface area (Å²) in [5.74, 6) is -1.38. The molecule has 114 valence electrons. The maximum absolute atomic E-state index is 13.2. The van der Waals surface area contributed by atoms with E-state index in [1.54, 1.807) is 0 Å². The molecule has 5 heteroatoms. The molecule has 0 radical (unpaired) electrons. The third-order valence-electron chi connectivity index (χ3n) is 3.65. The molecule has 0 fully saturated rings. The van der Waals surface area contributed by atoms with Crippen molar-refractivity contribution < 1.29 is 13.9 Å². The first-order valence-corrected chi connectivity index (χ1v) is 7.21. The van der Waals surface area contributed by atoms with E-state index in [0.717, 1.165) is 31.0 Å². The van der Waals surface area contributed by atoms with Crippen molar-refractivity contribution in [3.05, 3.63) is 53.4 Å². The molecule has 0 saturated heterocycles. The summed E-state index contributed by atoms with van der Waals surface area (Å²) < 4.78 is 28.2. The van der Waals surface area contributed by atoms with Gasteiger partial charge in [-0.3, -0.25) is 4.68 Å². The zero-order valence-electron chi connectivity index (χ0n) is 12.3. The first kappa shape index (κ1) is 15.6. The molecule has 0 amide bonds. The van der Waals surface area contributed by atoms with Gasteiger partial charge in [-0.05, 0) is 36.6 Å². The summed E-state index contributed by atoms with van der Waals surface area (Å²) in [6.07, 6.45) is 3.10. The van der Waals surface area contributed by atoms with Crippen LogP contribution in [0.5, 0.6) is 0 Å². The van der Waals surface area contributed by atoms with Crippen molar-refractivity contribution in [1.29, 1.82) is 0 Å². The van der Waals surface area contributed by atoms with Gasteiger partial charge in [0.1, 0.15) is 11.6 Å². The van der Waals surface area contributed by atoms with E-state index in [0.29, 0.717) is 11.7 Å². The molecule has 0 aliphatic rings. The van der Waals surface area contributed by atoms with Crippen molar-refractivity contribution in [1.82, 2.24) is 9.78 Å². The highest BCUT2D eigenvalue weighted by molar-refractivity contribution is 5.21. The van der Waals surface area contributed by atoms with E-state index in [9.17, 15) is 13.9 Å². The molecular weight excluding hydrogens is 274 g/mol. The van der Waals surface area contributed by atoms with Crippen LogP contribution >= 0.6 is 0 Å². The monoisotopic (exact) mass is 294 g/mol. The van der Waals surface area contributed by atoms with Crippen LogP contribution in [0.15, 0.2) is 30.5 Å². The van der Waals surface area contributed by atoms with Crippen molar-refractivity contribution in [2.45, 2.75) is 45.3 Å². The van der Waals surface area contributed by atoms with Crippen LogP contribution in [-0.2, 0) is 6.42 Å². The lowest BCUT2D eigenvalue weighted by Gasteiger charge is -2.13. The molecule has 2 rings (SSSR count). The molecule has 1 heterocycles. The first-order chi connectivity index (χ1) is 10.0. The van der Waals surface area contributed by atoms with E-state index >= 15 is 0 Å². The Morgan fingerprint density at radius 3 is 2.33 bits per heavy atom. The third kappa shape index (κ3) is 3.88. The molecule has 21 heavy (non-hydrogen) atoms. The summed E-state index contributed by atoms with van der Waals surface area (Å²) in [7, 11) is 0. The zero-order chi connectivity index (χ0) is 15.4. The molecule has 3 nitrogen and oxygen atoms in total. The van der Waals surface area contributed by atoms with Crippen LogP contribution in [0.25, 0.3) is 0 Å². The molecule has 1 unspecified atom stereocenters. The van der Waals surface area contributed by atoms with E-state index in [1.807, 2.05) is 16.9 Å². The summed E-state index contributed by atoms with van der Waals surface area (Å²) in [6.45, 7) is 4.19. The third-order valence-corrected chi connectivity index (χ3v) is 3.65. The fraction of sp³-hybridized carbons (Fsp3) is 0.438. The van der Waals surface area contributed by atoms with Gasteiger partial charge in [-0.1, -0.05) is 13.8 Å². The van der Waals surface area contributed by atoms with Crippen LogP contribution in [0, 0.1) is 11.6 Å². The average molecular weight is 294 g/mol. The first-order valence-electron chi connectivity index (χ1n) is 7.21. The lowest BCUT2D eigenvalue weighted by Crippen LogP contribution is -2.09. The van der Waals surface area contributed by atoms with E-state index < -0.39 is 17.7 Å². The van der Waals surface area contributed by atoms with E-state index in [-0.39, 0.29) is 12.0 Å². The quantitative estimate of drug-likeness (QED) is 0.880. The molecule has 0 saturated carbocycles. The van der Waals surface area contributed by atoms with Crippen molar-refractivity contribution in [3.63, 3.8) is 0 Å². The van der Waals surface area contributed by atoms with E-state index in [4.69, 9.17) is 0 Å². The highest BCUT2D eigenvalue weighted by Crippen LogP contribution is 2.21. The van der Waals surface area contributed by atoms with Gasteiger partial charge in [-0.25, -0.2) is 8.78 Å². The normalized spacial score (nSPS) is 12.9. The van der Waals surface area contributed by atoms with Crippen LogP contribution < -0.4 is 0 Å². The van der Waals surface area contributed by atoms with Gasteiger partial charge >= 0.3 is 0 Å². The fourth-order valence-electron chi connectivity index (χ4n) is 2.44. The number of hydrogen-bond donors (Lipinski definition) is 1. The predicted molar refractivity (Wildman–Crippen MR) is 76.9 cm³/mol. The Bertz CT molecular complexity index is 573. The Morgan fingerprint density at radius 2 is 1.76 bits per heavy atom. The minimum atomic E-state index is -0.972. The van der Waals surface area contributed by atoms with Crippen molar-refractivity contribution >= 4 is 0 Å². The number of aliphatic hydroxyl groups excluding tert-OH is 1. The van der Waals surface area contributed by atoms with Gasteiger partial charge in [0.15, 0.2) is 0 Å². The Labute approximate surface area is 123 Å². The molecule has 1 atom stereocenters. The lowest BCUT2D eigenvalue weighted by molar-refractivity contribution is 0.176. The van der Waals surface area contributed by atoms with Crippen LogP contribution in [0.4, 0.5) is 8.78 Å². The minimum Gasteiger partial charge on any atom is -0.388 e. The van der Waals surface area contributed by atoms with E-state index in [2.05, 4.69) is 18.9 Å². The Kier molecular flexibility index (Phi) is 5.07. The fourth-order valence-corrected chi connectivity index (χ4v) is 2.44. The summed E-state index contributed by atoms with van der Waals surface area (Å²) in [4.78, 5) is 0. The highest BCUT2D eigenvalue weighted by Gasteiger charge is 2.14. The number of rotatable bonds is 6. The number of halogens is 2. The second-order valence-electron chi connectivity index (χ2n) is 5.18. The van der Waals surface area contributed by atoms with Gasteiger partial charge in [0.25, 0.3) is 0 Å². The lowest BCUT2D eigenvalue weighted by atomic mass is 10.0. The minimum absolute atomic E-state index is 0.226. The molecule has 1 N–H and O–H groups in total. The number of aromatic nitrogens is 2. The smallest absolute Gasteiger partial charge is 0.126 e. The number of nitrogens with zero attached hydrogens (tertiary/aromatic N) is 2. The molecule has 0 bridgehead atoms. The predicted octanol–water partition coefficient (Wildman–Crippen LogP) is 3.80. The SMILES string of the molecule is CCC(CC)n1ccc(CC(O)c2cc(F)cc(F)c2)n1. The Balaban J connectivity index is 2.10. The number of benzene rings is 1.